The van der Waals surface area contributed by atoms with Crippen molar-refractivity contribution in [2.75, 3.05) is 19.7 Å². The van der Waals surface area contributed by atoms with Gasteiger partial charge in [-0.15, -0.1) is 0 Å². The van der Waals surface area contributed by atoms with Gasteiger partial charge in [0.25, 0.3) is 0 Å². The number of hydrogen-bond acceptors (Lipinski definition) is 4. The maximum Gasteiger partial charge on any atom is 0.437 e. The number of likely N-dealkylation sites (tertiary alicyclic amines) is 1. The van der Waals surface area contributed by atoms with E-state index < -0.39 is 17.5 Å². The van der Waals surface area contributed by atoms with Gasteiger partial charge < -0.3 is 14.4 Å². The largest absolute Gasteiger partial charge is 0.491 e. The van der Waals surface area contributed by atoms with Crippen LogP contribution < -0.4 is 4.74 Å². The van der Waals surface area contributed by atoms with E-state index in [9.17, 15) is 18.0 Å². The van der Waals surface area contributed by atoms with Gasteiger partial charge in [0.2, 0.25) is 0 Å². The highest BCUT2D eigenvalue weighted by atomic mass is 19.4. The van der Waals surface area contributed by atoms with E-state index in [4.69, 9.17) is 9.47 Å². The molecule has 2 aliphatic rings. The van der Waals surface area contributed by atoms with E-state index in [1.54, 1.807) is 4.90 Å². The minimum atomic E-state index is -4.52. The van der Waals surface area contributed by atoms with Gasteiger partial charge in [-0.3, -0.25) is 0 Å². The van der Waals surface area contributed by atoms with Crippen LogP contribution in [0.25, 0.3) is 0 Å². The number of nitrogens with zero attached hydrogens (tertiary/aromatic N) is 2. The Morgan fingerprint density at radius 3 is 2.46 bits per heavy atom. The summed E-state index contributed by atoms with van der Waals surface area (Å²) in [6, 6.07) is 2.75. The van der Waals surface area contributed by atoms with Crippen molar-refractivity contribution >= 4 is 6.09 Å². The zero-order valence-electron chi connectivity index (χ0n) is 16.5. The van der Waals surface area contributed by atoms with E-state index in [0.717, 1.165) is 31.9 Å². The first-order valence-corrected chi connectivity index (χ1v) is 9.60. The Bertz CT molecular complexity index is 699. The first-order chi connectivity index (χ1) is 13.0. The van der Waals surface area contributed by atoms with Crippen molar-refractivity contribution < 1.29 is 27.4 Å². The molecule has 3 rings (SSSR count). The third-order valence-corrected chi connectivity index (χ3v) is 5.43. The zero-order chi connectivity index (χ0) is 20.6. The van der Waals surface area contributed by atoms with E-state index in [2.05, 4.69) is 4.98 Å². The summed E-state index contributed by atoms with van der Waals surface area (Å²) in [5.41, 5.74) is -1.31. The summed E-state index contributed by atoms with van der Waals surface area (Å²) >= 11 is 0. The minimum Gasteiger partial charge on any atom is -0.491 e. The normalized spacial score (nSPS) is 20.0. The maximum atomic E-state index is 13.0. The molecule has 28 heavy (non-hydrogen) atoms. The second-order valence-electron chi connectivity index (χ2n) is 8.90. The molecule has 0 radical (unpaired) electrons. The average Bonchev–Trinajstić information content (AvgIpc) is 2.56. The lowest BCUT2D eigenvalue weighted by Crippen LogP contribution is -2.50. The average molecular weight is 400 g/mol. The van der Waals surface area contributed by atoms with Gasteiger partial charge in [0, 0.05) is 19.3 Å². The minimum absolute atomic E-state index is 0.175. The molecule has 0 unspecified atom stereocenters. The molecule has 0 aromatic carbocycles. The van der Waals surface area contributed by atoms with Crippen LogP contribution >= 0.6 is 0 Å². The molecule has 1 aromatic rings. The Morgan fingerprint density at radius 1 is 1.25 bits per heavy atom. The molecule has 0 atom stereocenters. The molecule has 1 aromatic heterocycles. The molecule has 1 aliphatic heterocycles. The van der Waals surface area contributed by atoms with Gasteiger partial charge in [0.05, 0.1) is 6.61 Å². The van der Waals surface area contributed by atoms with Crippen molar-refractivity contribution in [1.29, 1.82) is 0 Å². The number of hydrogen-bond donors (Lipinski definition) is 0. The predicted molar refractivity (Wildman–Crippen MR) is 96.9 cm³/mol. The summed E-state index contributed by atoms with van der Waals surface area (Å²) in [5.74, 6) is 0.0186. The van der Waals surface area contributed by atoms with E-state index in [1.807, 2.05) is 20.8 Å². The van der Waals surface area contributed by atoms with Crippen molar-refractivity contribution in [1.82, 2.24) is 9.88 Å². The number of piperidine rings is 1. The van der Waals surface area contributed by atoms with Crippen LogP contribution in [0.3, 0.4) is 0 Å². The molecule has 2 fully saturated rings. The summed E-state index contributed by atoms with van der Waals surface area (Å²) in [5, 5.41) is 0. The number of rotatable bonds is 3. The highest BCUT2D eigenvalue weighted by Gasteiger charge is 2.47. The van der Waals surface area contributed by atoms with Crippen molar-refractivity contribution in [3.05, 3.63) is 24.0 Å². The number of ether oxygens (including phenoxy) is 2. The second kappa shape index (κ2) is 7.44. The fourth-order valence-electron chi connectivity index (χ4n) is 4.11. The number of carbonyl (C=O) groups excluding carboxylic acids is 1. The number of amides is 1. The maximum absolute atomic E-state index is 13.0. The van der Waals surface area contributed by atoms with Gasteiger partial charge in [-0.25, -0.2) is 9.78 Å². The Morgan fingerprint density at radius 2 is 1.89 bits per heavy atom. The smallest absolute Gasteiger partial charge is 0.437 e. The van der Waals surface area contributed by atoms with Crippen molar-refractivity contribution in [2.45, 2.75) is 58.2 Å². The third-order valence-electron chi connectivity index (χ3n) is 5.43. The van der Waals surface area contributed by atoms with Crippen molar-refractivity contribution in [3.8, 4) is 5.75 Å². The molecule has 2 heterocycles. The van der Waals surface area contributed by atoms with Crippen LogP contribution in [0.4, 0.5) is 18.0 Å². The summed E-state index contributed by atoms with van der Waals surface area (Å²) in [4.78, 5) is 17.3. The topological polar surface area (TPSA) is 51.7 Å². The molecule has 1 spiro atoms. The number of aromatic nitrogens is 1. The lowest BCUT2D eigenvalue weighted by Gasteiger charge is -2.52. The predicted octanol–water partition coefficient (Wildman–Crippen LogP) is 4.91. The van der Waals surface area contributed by atoms with Crippen LogP contribution in [0.5, 0.6) is 5.75 Å². The summed E-state index contributed by atoms with van der Waals surface area (Å²) in [6.45, 7) is 7.11. The molecular weight excluding hydrogens is 373 g/mol. The number of halogens is 3. The molecule has 1 saturated carbocycles. The first-order valence-electron chi connectivity index (χ1n) is 9.60. The van der Waals surface area contributed by atoms with E-state index in [0.29, 0.717) is 13.1 Å². The van der Waals surface area contributed by atoms with Gasteiger partial charge in [-0.1, -0.05) is 0 Å². The van der Waals surface area contributed by atoms with Crippen molar-refractivity contribution in [3.63, 3.8) is 0 Å². The highest BCUT2D eigenvalue weighted by Crippen LogP contribution is 2.52. The number of alkyl halides is 3. The Labute approximate surface area is 163 Å². The standard InChI is InChI=1S/C20H27F3N2O3/c1-18(2,3)28-17(26)25-9-6-19(7-10-25)11-14(12-19)13-27-15-5-4-8-24-16(15)20(21,22)23/h4-5,8,14H,6-7,9-13H2,1-3H3. The van der Waals surface area contributed by atoms with Crippen LogP contribution in [0.1, 0.15) is 52.1 Å². The molecule has 1 aliphatic carbocycles. The van der Waals surface area contributed by atoms with Gasteiger partial charge in [0.15, 0.2) is 5.69 Å². The summed E-state index contributed by atoms with van der Waals surface area (Å²) < 4.78 is 49.8. The van der Waals surface area contributed by atoms with Crippen molar-refractivity contribution in [2.24, 2.45) is 11.3 Å². The monoisotopic (exact) mass is 400 g/mol. The van der Waals surface area contributed by atoms with Crippen LogP contribution in [0.2, 0.25) is 0 Å². The van der Waals surface area contributed by atoms with E-state index in [-0.39, 0.29) is 29.8 Å². The van der Waals surface area contributed by atoms with Gasteiger partial charge in [-0.05, 0) is 69.9 Å². The highest BCUT2D eigenvalue weighted by molar-refractivity contribution is 5.68. The number of pyridine rings is 1. The molecule has 1 amide bonds. The van der Waals surface area contributed by atoms with E-state index in [1.165, 1.54) is 12.1 Å². The molecule has 0 bridgehead atoms. The van der Waals surface area contributed by atoms with Gasteiger partial charge in [0.1, 0.15) is 11.4 Å². The quantitative estimate of drug-likeness (QED) is 0.724. The lowest BCUT2D eigenvalue weighted by atomic mass is 9.58. The van der Waals surface area contributed by atoms with Crippen LogP contribution in [-0.4, -0.2) is 41.3 Å². The molecular formula is C20H27F3N2O3. The van der Waals surface area contributed by atoms with Gasteiger partial charge >= 0.3 is 12.3 Å². The Kier molecular flexibility index (Phi) is 5.51. The summed E-state index contributed by atoms with van der Waals surface area (Å²) in [7, 11) is 0. The second-order valence-corrected chi connectivity index (χ2v) is 8.90. The van der Waals surface area contributed by atoms with Gasteiger partial charge in [-0.2, -0.15) is 13.2 Å². The Hall–Kier alpha value is -1.99. The van der Waals surface area contributed by atoms with E-state index >= 15 is 0 Å². The third kappa shape index (κ3) is 4.89. The molecule has 1 saturated heterocycles. The van der Waals surface area contributed by atoms with Crippen LogP contribution in [-0.2, 0) is 10.9 Å². The number of carbonyl (C=O) groups is 1. The molecule has 5 nitrogen and oxygen atoms in total. The van der Waals surface area contributed by atoms with Crippen LogP contribution in [0, 0.1) is 11.3 Å². The lowest BCUT2D eigenvalue weighted by molar-refractivity contribution is -0.143. The SMILES string of the molecule is CC(C)(C)OC(=O)N1CCC2(CC1)CC(COc1cccnc1C(F)(F)F)C2. The molecule has 0 N–H and O–H groups in total. The molecule has 8 heteroatoms. The van der Waals surface area contributed by atoms with Crippen LogP contribution in [0.15, 0.2) is 18.3 Å². The Balaban J connectivity index is 1.46. The fourth-order valence-corrected chi connectivity index (χ4v) is 4.11. The fraction of sp³-hybridized carbons (Fsp3) is 0.700. The first kappa shape index (κ1) is 20.7. The molecule has 156 valence electrons. The zero-order valence-corrected chi connectivity index (χ0v) is 16.5. The summed E-state index contributed by atoms with van der Waals surface area (Å²) in [6.07, 6.45) is -0.0726.